The standard InChI is InChI=1S/C24H23F2NO4/c25-17-5-1-15(2-6-17)22(29)14-13-21(24(30)31)23(16-3-11-20(28)12-4-16)27-19-9-7-18(26)8-10-19/h1-12,21-23,27-29H,13-14H2,(H,30,31). The smallest absolute Gasteiger partial charge is 0.308 e. The van der Waals surface area contributed by atoms with Crippen molar-refractivity contribution in [1.29, 1.82) is 0 Å². The number of aliphatic carboxylic acids is 1. The third kappa shape index (κ3) is 6.02. The zero-order valence-electron chi connectivity index (χ0n) is 16.6. The third-order valence-electron chi connectivity index (χ3n) is 5.14. The summed E-state index contributed by atoms with van der Waals surface area (Å²) in [7, 11) is 0. The molecule has 3 unspecified atom stereocenters. The maximum absolute atomic E-state index is 13.3. The lowest BCUT2D eigenvalue weighted by Gasteiger charge is -2.27. The van der Waals surface area contributed by atoms with E-state index in [-0.39, 0.29) is 18.6 Å². The Bertz CT molecular complexity index is 992. The zero-order chi connectivity index (χ0) is 22.4. The van der Waals surface area contributed by atoms with Crippen LogP contribution in [0.5, 0.6) is 5.75 Å². The zero-order valence-corrected chi connectivity index (χ0v) is 16.6. The molecule has 0 aliphatic heterocycles. The van der Waals surface area contributed by atoms with E-state index < -0.39 is 35.7 Å². The first-order valence-electron chi connectivity index (χ1n) is 9.81. The molecule has 5 nitrogen and oxygen atoms in total. The van der Waals surface area contributed by atoms with Gasteiger partial charge in [0, 0.05) is 5.69 Å². The van der Waals surface area contributed by atoms with Crippen molar-refractivity contribution in [1.82, 2.24) is 0 Å². The molecule has 0 aromatic heterocycles. The minimum atomic E-state index is -1.07. The Balaban J connectivity index is 1.83. The Hall–Kier alpha value is -3.45. The van der Waals surface area contributed by atoms with E-state index in [4.69, 9.17) is 0 Å². The van der Waals surface area contributed by atoms with E-state index in [1.54, 1.807) is 12.1 Å². The Morgan fingerprint density at radius 1 is 0.806 bits per heavy atom. The second-order valence-electron chi connectivity index (χ2n) is 7.31. The molecule has 3 aromatic rings. The molecule has 0 bridgehead atoms. The number of carbonyl (C=O) groups is 1. The molecular weight excluding hydrogens is 404 g/mol. The maximum atomic E-state index is 13.3. The molecule has 0 aliphatic carbocycles. The molecule has 0 fully saturated rings. The molecular formula is C24H23F2NO4. The van der Waals surface area contributed by atoms with Crippen LogP contribution in [0.25, 0.3) is 0 Å². The Morgan fingerprint density at radius 2 is 1.32 bits per heavy atom. The largest absolute Gasteiger partial charge is 0.508 e. The monoisotopic (exact) mass is 427 g/mol. The fourth-order valence-corrected chi connectivity index (χ4v) is 3.45. The lowest BCUT2D eigenvalue weighted by atomic mass is 9.87. The summed E-state index contributed by atoms with van der Waals surface area (Å²) in [6.07, 6.45) is -0.690. The number of aliphatic hydroxyl groups excluding tert-OH is 1. The number of benzene rings is 3. The van der Waals surface area contributed by atoms with Crippen LogP contribution >= 0.6 is 0 Å². The van der Waals surface area contributed by atoms with Crippen molar-refractivity contribution in [2.75, 3.05) is 5.32 Å². The van der Waals surface area contributed by atoms with Gasteiger partial charge >= 0.3 is 5.97 Å². The van der Waals surface area contributed by atoms with E-state index in [0.29, 0.717) is 16.8 Å². The van der Waals surface area contributed by atoms with Gasteiger partial charge < -0.3 is 20.6 Å². The minimum absolute atomic E-state index is 0.0443. The van der Waals surface area contributed by atoms with Crippen LogP contribution in [0.2, 0.25) is 0 Å². The SMILES string of the molecule is O=C(O)C(CCC(O)c1ccc(F)cc1)C(Nc1ccc(F)cc1)c1ccc(O)cc1. The number of carboxylic acids is 1. The third-order valence-corrected chi connectivity index (χ3v) is 5.14. The van der Waals surface area contributed by atoms with Crippen LogP contribution in [0.1, 0.15) is 36.1 Å². The van der Waals surface area contributed by atoms with Crippen molar-refractivity contribution < 1.29 is 28.9 Å². The second kappa shape index (κ2) is 10.0. The van der Waals surface area contributed by atoms with Crippen molar-refractivity contribution >= 4 is 11.7 Å². The highest BCUT2D eigenvalue weighted by Gasteiger charge is 2.30. The normalized spacial score (nSPS) is 13.9. The fourth-order valence-electron chi connectivity index (χ4n) is 3.45. The molecule has 0 saturated heterocycles. The van der Waals surface area contributed by atoms with E-state index >= 15 is 0 Å². The van der Waals surface area contributed by atoms with Crippen LogP contribution in [-0.4, -0.2) is 21.3 Å². The van der Waals surface area contributed by atoms with Crippen LogP contribution in [0.15, 0.2) is 72.8 Å². The molecule has 0 spiro atoms. The van der Waals surface area contributed by atoms with E-state index in [1.807, 2.05) is 0 Å². The summed E-state index contributed by atoms with van der Waals surface area (Å²) >= 11 is 0. The molecule has 3 atom stereocenters. The number of rotatable bonds is 9. The molecule has 0 saturated carbocycles. The molecule has 4 N–H and O–H groups in total. The molecule has 31 heavy (non-hydrogen) atoms. The van der Waals surface area contributed by atoms with Crippen molar-refractivity contribution in [3.8, 4) is 5.75 Å². The topological polar surface area (TPSA) is 89.8 Å². The Kier molecular flexibility index (Phi) is 7.20. The molecule has 162 valence electrons. The highest BCUT2D eigenvalue weighted by molar-refractivity contribution is 5.72. The summed E-state index contributed by atoms with van der Waals surface area (Å²) in [5.74, 6) is -2.80. The van der Waals surface area contributed by atoms with Gasteiger partial charge in [-0.25, -0.2) is 8.78 Å². The first kappa shape index (κ1) is 22.2. The average Bonchev–Trinajstić information content (AvgIpc) is 2.75. The first-order valence-corrected chi connectivity index (χ1v) is 9.81. The fraction of sp³-hybridized carbons (Fsp3) is 0.208. The number of carboxylic acid groups (broad SMARTS) is 1. The number of phenolic OH excluding ortho intramolecular Hbond substituents is 1. The lowest BCUT2D eigenvalue weighted by Crippen LogP contribution is -2.28. The highest BCUT2D eigenvalue weighted by atomic mass is 19.1. The number of aromatic hydroxyl groups is 1. The van der Waals surface area contributed by atoms with Crippen molar-refractivity contribution in [3.63, 3.8) is 0 Å². The number of aliphatic hydroxyl groups is 1. The summed E-state index contributed by atoms with van der Waals surface area (Å²) < 4.78 is 26.4. The molecule has 3 rings (SSSR count). The molecule has 0 amide bonds. The molecule has 7 heteroatoms. The average molecular weight is 427 g/mol. The van der Waals surface area contributed by atoms with Gasteiger partial charge in [0.2, 0.25) is 0 Å². The van der Waals surface area contributed by atoms with Crippen LogP contribution in [0, 0.1) is 17.6 Å². The number of halogens is 2. The van der Waals surface area contributed by atoms with Crippen LogP contribution in [-0.2, 0) is 4.79 Å². The van der Waals surface area contributed by atoms with Gasteiger partial charge in [-0.2, -0.15) is 0 Å². The minimum Gasteiger partial charge on any atom is -0.508 e. The number of hydrogen-bond donors (Lipinski definition) is 4. The quantitative estimate of drug-likeness (QED) is 0.384. The first-order chi connectivity index (χ1) is 14.8. The molecule has 0 radical (unpaired) electrons. The summed E-state index contributed by atoms with van der Waals surface area (Å²) in [6, 6.07) is 16.4. The molecule has 0 heterocycles. The predicted octanol–water partition coefficient (Wildman–Crippen LogP) is 5.04. The summed E-state index contributed by atoms with van der Waals surface area (Å²) in [5, 5.41) is 33.1. The molecule has 3 aromatic carbocycles. The second-order valence-corrected chi connectivity index (χ2v) is 7.31. The van der Waals surface area contributed by atoms with Gasteiger partial charge in [-0.3, -0.25) is 4.79 Å². The van der Waals surface area contributed by atoms with E-state index in [0.717, 1.165) is 0 Å². The van der Waals surface area contributed by atoms with Gasteiger partial charge in [0.05, 0.1) is 18.1 Å². The lowest BCUT2D eigenvalue weighted by molar-refractivity contribution is -0.142. The van der Waals surface area contributed by atoms with Crippen LogP contribution in [0.3, 0.4) is 0 Å². The summed E-state index contributed by atoms with van der Waals surface area (Å²) in [6.45, 7) is 0. The Morgan fingerprint density at radius 3 is 1.87 bits per heavy atom. The Labute approximate surface area is 178 Å². The summed E-state index contributed by atoms with van der Waals surface area (Å²) in [4.78, 5) is 12.1. The predicted molar refractivity (Wildman–Crippen MR) is 113 cm³/mol. The molecule has 0 aliphatic rings. The van der Waals surface area contributed by atoms with E-state index in [2.05, 4.69) is 5.32 Å². The van der Waals surface area contributed by atoms with Crippen molar-refractivity contribution in [2.45, 2.75) is 25.0 Å². The van der Waals surface area contributed by atoms with Crippen molar-refractivity contribution in [3.05, 3.63) is 95.6 Å². The number of hydrogen-bond acceptors (Lipinski definition) is 4. The van der Waals surface area contributed by atoms with Gasteiger partial charge in [0.15, 0.2) is 0 Å². The van der Waals surface area contributed by atoms with Gasteiger partial charge in [-0.05, 0) is 72.5 Å². The number of phenols is 1. The van der Waals surface area contributed by atoms with E-state index in [9.17, 15) is 28.9 Å². The van der Waals surface area contributed by atoms with Gasteiger partial charge in [0.25, 0.3) is 0 Å². The maximum Gasteiger partial charge on any atom is 0.308 e. The van der Waals surface area contributed by atoms with Crippen molar-refractivity contribution in [2.24, 2.45) is 5.92 Å². The van der Waals surface area contributed by atoms with Gasteiger partial charge in [-0.1, -0.05) is 24.3 Å². The number of anilines is 1. The van der Waals surface area contributed by atoms with E-state index in [1.165, 1.54) is 60.7 Å². The summed E-state index contributed by atoms with van der Waals surface area (Å²) in [5.41, 5.74) is 1.65. The highest BCUT2D eigenvalue weighted by Crippen LogP contribution is 2.33. The number of nitrogens with one attached hydrogen (secondary N) is 1. The van der Waals surface area contributed by atoms with Crippen LogP contribution < -0.4 is 5.32 Å². The van der Waals surface area contributed by atoms with Crippen LogP contribution in [0.4, 0.5) is 14.5 Å². The van der Waals surface area contributed by atoms with Gasteiger partial charge in [0.1, 0.15) is 17.4 Å². The van der Waals surface area contributed by atoms with Gasteiger partial charge in [-0.15, -0.1) is 0 Å².